The summed E-state index contributed by atoms with van der Waals surface area (Å²) in [5.74, 6) is 0.414. The highest BCUT2D eigenvalue weighted by Crippen LogP contribution is 2.23. The van der Waals surface area contributed by atoms with Crippen molar-refractivity contribution < 1.29 is 14.6 Å². The molecule has 1 fully saturated rings. The van der Waals surface area contributed by atoms with Gasteiger partial charge in [0.25, 0.3) is 0 Å². The number of carbonyl (C=O) groups excluding carboxylic acids is 1. The second-order valence-corrected chi connectivity index (χ2v) is 5.31. The van der Waals surface area contributed by atoms with Gasteiger partial charge in [-0.25, -0.2) is 4.79 Å². The van der Waals surface area contributed by atoms with Crippen LogP contribution in [0.15, 0.2) is 12.2 Å². The van der Waals surface area contributed by atoms with Crippen LogP contribution >= 0.6 is 0 Å². The summed E-state index contributed by atoms with van der Waals surface area (Å²) >= 11 is 0. The van der Waals surface area contributed by atoms with E-state index in [4.69, 9.17) is 9.84 Å². The first-order valence-electron chi connectivity index (χ1n) is 6.99. The molecule has 0 aromatic heterocycles. The number of aliphatic hydroxyl groups excluding tert-OH is 1. The molecule has 0 radical (unpaired) electrons. The summed E-state index contributed by atoms with van der Waals surface area (Å²) in [6.45, 7) is 7.44. The lowest BCUT2D eigenvalue weighted by atomic mass is 9.87. The number of ether oxygens (including phenoxy) is 1. The van der Waals surface area contributed by atoms with Crippen molar-refractivity contribution in [2.75, 3.05) is 26.4 Å². The van der Waals surface area contributed by atoms with Gasteiger partial charge in [-0.15, -0.1) is 0 Å². The van der Waals surface area contributed by atoms with Crippen molar-refractivity contribution in [3.05, 3.63) is 12.2 Å². The van der Waals surface area contributed by atoms with Crippen molar-refractivity contribution in [3.8, 4) is 0 Å². The third-order valence-corrected chi connectivity index (χ3v) is 3.32. The molecule has 0 bridgehead atoms. The summed E-state index contributed by atoms with van der Waals surface area (Å²) < 4.78 is 5.29. The minimum absolute atomic E-state index is 0.133. The summed E-state index contributed by atoms with van der Waals surface area (Å²) in [5.41, 5.74) is 0.977. The molecular formula is C14H26N2O3. The number of hydrogen-bond donors (Lipinski definition) is 3. The summed E-state index contributed by atoms with van der Waals surface area (Å²) in [6.07, 6.45) is 3.88. The monoisotopic (exact) mass is 270 g/mol. The fourth-order valence-corrected chi connectivity index (χ4v) is 2.21. The van der Waals surface area contributed by atoms with Gasteiger partial charge in [0.2, 0.25) is 0 Å². The maximum absolute atomic E-state index is 11.6. The lowest BCUT2D eigenvalue weighted by Crippen LogP contribution is -2.44. The van der Waals surface area contributed by atoms with Gasteiger partial charge >= 0.3 is 6.03 Å². The molecule has 5 heteroatoms. The number of urea groups is 1. The average molecular weight is 270 g/mol. The minimum atomic E-state index is -0.133. The van der Waals surface area contributed by atoms with E-state index >= 15 is 0 Å². The van der Waals surface area contributed by atoms with Crippen LogP contribution in [0.25, 0.3) is 0 Å². The number of hydrogen-bond acceptors (Lipinski definition) is 3. The van der Waals surface area contributed by atoms with E-state index in [0.29, 0.717) is 25.7 Å². The van der Waals surface area contributed by atoms with Crippen LogP contribution in [0.4, 0.5) is 4.79 Å². The number of rotatable bonds is 7. The zero-order chi connectivity index (χ0) is 14.1. The van der Waals surface area contributed by atoms with E-state index in [1.54, 1.807) is 0 Å². The van der Waals surface area contributed by atoms with E-state index in [1.807, 2.05) is 6.92 Å². The Labute approximate surface area is 115 Å². The van der Waals surface area contributed by atoms with Crippen LogP contribution in [0.3, 0.4) is 0 Å². The van der Waals surface area contributed by atoms with Crippen LogP contribution < -0.4 is 10.6 Å². The molecule has 0 atom stereocenters. The second kappa shape index (κ2) is 8.93. The van der Waals surface area contributed by atoms with E-state index in [-0.39, 0.29) is 18.7 Å². The molecular weight excluding hydrogens is 244 g/mol. The van der Waals surface area contributed by atoms with Gasteiger partial charge in [-0.2, -0.15) is 0 Å². The van der Waals surface area contributed by atoms with Gasteiger partial charge in [0, 0.05) is 19.2 Å². The molecule has 3 N–H and O–H groups in total. The van der Waals surface area contributed by atoms with Gasteiger partial charge in [-0.3, -0.25) is 0 Å². The predicted octanol–water partition coefficient (Wildman–Crippen LogP) is 1.43. The van der Waals surface area contributed by atoms with Gasteiger partial charge in [0.1, 0.15) is 0 Å². The van der Waals surface area contributed by atoms with E-state index < -0.39 is 0 Å². The quantitative estimate of drug-likeness (QED) is 0.484. The van der Waals surface area contributed by atoms with Gasteiger partial charge in [0.05, 0.1) is 13.2 Å². The zero-order valence-electron chi connectivity index (χ0n) is 11.8. The van der Waals surface area contributed by atoms with E-state index in [0.717, 1.165) is 31.3 Å². The summed E-state index contributed by atoms with van der Waals surface area (Å²) in [7, 11) is 0. The molecule has 1 saturated carbocycles. The number of nitrogens with one attached hydrogen (secondary N) is 2. The SMILES string of the molecule is C=C(C)COCCNC(=O)NC1CCC(CO)CC1. The highest BCUT2D eigenvalue weighted by atomic mass is 16.5. The Balaban J connectivity index is 2.03. The Hall–Kier alpha value is -1.07. The molecule has 1 aliphatic carbocycles. The molecule has 0 unspecified atom stereocenters. The van der Waals surface area contributed by atoms with Crippen LogP contribution in [0, 0.1) is 5.92 Å². The van der Waals surface area contributed by atoms with E-state index in [2.05, 4.69) is 17.2 Å². The lowest BCUT2D eigenvalue weighted by Gasteiger charge is -2.27. The Morgan fingerprint density at radius 1 is 1.37 bits per heavy atom. The second-order valence-electron chi connectivity index (χ2n) is 5.31. The topological polar surface area (TPSA) is 70.6 Å². The summed E-state index contributed by atoms with van der Waals surface area (Å²) in [4.78, 5) is 11.6. The fraction of sp³-hybridized carbons (Fsp3) is 0.786. The van der Waals surface area contributed by atoms with Gasteiger partial charge in [-0.05, 0) is 38.5 Å². The van der Waals surface area contributed by atoms with E-state index in [1.165, 1.54) is 0 Å². The van der Waals surface area contributed by atoms with Crippen molar-refractivity contribution in [3.63, 3.8) is 0 Å². The molecule has 0 heterocycles. The normalized spacial score (nSPS) is 22.8. The van der Waals surface area contributed by atoms with Crippen molar-refractivity contribution in [1.82, 2.24) is 10.6 Å². The molecule has 0 aromatic rings. The van der Waals surface area contributed by atoms with Crippen molar-refractivity contribution in [2.24, 2.45) is 5.92 Å². The smallest absolute Gasteiger partial charge is 0.315 e. The van der Waals surface area contributed by atoms with Crippen LogP contribution in [0.2, 0.25) is 0 Å². The number of carbonyl (C=O) groups is 1. The zero-order valence-corrected chi connectivity index (χ0v) is 11.8. The molecule has 5 nitrogen and oxygen atoms in total. The largest absolute Gasteiger partial charge is 0.396 e. The Bertz CT molecular complexity index is 286. The van der Waals surface area contributed by atoms with Crippen LogP contribution in [-0.2, 0) is 4.74 Å². The molecule has 1 aliphatic rings. The molecule has 19 heavy (non-hydrogen) atoms. The summed E-state index contributed by atoms with van der Waals surface area (Å²) in [5, 5.41) is 14.8. The highest BCUT2D eigenvalue weighted by molar-refractivity contribution is 5.74. The Kier molecular flexibility index (Phi) is 7.52. The average Bonchev–Trinajstić information content (AvgIpc) is 2.39. The van der Waals surface area contributed by atoms with E-state index in [9.17, 15) is 4.79 Å². The van der Waals surface area contributed by atoms with Gasteiger partial charge in [0.15, 0.2) is 0 Å². The summed E-state index contributed by atoms with van der Waals surface area (Å²) in [6, 6.07) is 0.102. The number of amides is 2. The van der Waals surface area contributed by atoms with Crippen LogP contribution in [-0.4, -0.2) is 43.5 Å². The van der Waals surface area contributed by atoms with Crippen LogP contribution in [0.5, 0.6) is 0 Å². The Morgan fingerprint density at radius 3 is 2.63 bits per heavy atom. The fourth-order valence-electron chi connectivity index (χ4n) is 2.21. The molecule has 1 rings (SSSR count). The van der Waals surface area contributed by atoms with Crippen molar-refractivity contribution in [2.45, 2.75) is 38.6 Å². The molecule has 0 aliphatic heterocycles. The minimum Gasteiger partial charge on any atom is -0.396 e. The van der Waals surface area contributed by atoms with Gasteiger partial charge < -0.3 is 20.5 Å². The first kappa shape index (κ1) is 16.0. The predicted molar refractivity (Wildman–Crippen MR) is 75.0 cm³/mol. The maximum Gasteiger partial charge on any atom is 0.315 e. The first-order chi connectivity index (χ1) is 9.11. The van der Waals surface area contributed by atoms with Crippen molar-refractivity contribution in [1.29, 1.82) is 0 Å². The third kappa shape index (κ3) is 7.18. The molecule has 2 amide bonds. The Morgan fingerprint density at radius 2 is 2.05 bits per heavy atom. The van der Waals surface area contributed by atoms with Crippen molar-refractivity contribution >= 4 is 6.03 Å². The third-order valence-electron chi connectivity index (χ3n) is 3.32. The molecule has 0 aromatic carbocycles. The maximum atomic E-state index is 11.6. The number of aliphatic hydroxyl groups is 1. The highest BCUT2D eigenvalue weighted by Gasteiger charge is 2.21. The molecule has 0 saturated heterocycles. The standard InChI is InChI=1S/C14H26N2O3/c1-11(2)10-19-8-7-15-14(18)16-13-5-3-12(9-17)4-6-13/h12-13,17H,1,3-10H2,2H3,(H2,15,16,18). The molecule has 110 valence electrons. The van der Waals surface area contributed by atoms with Gasteiger partial charge in [-0.1, -0.05) is 12.2 Å². The van der Waals surface area contributed by atoms with Crippen LogP contribution in [0.1, 0.15) is 32.6 Å². The molecule has 0 spiro atoms. The first-order valence-corrected chi connectivity index (χ1v) is 6.99. The lowest BCUT2D eigenvalue weighted by molar-refractivity contribution is 0.156.